The molecule has 152 valence electrons. The fourth-order valence-corrected chi connectivity index (χ4v) is 5.18. The van der Waals surface area contributed by atoms with Crippen molar-refractivity contribution in [2.45, 2.75) is 17.1 Å². The minimum absolute atomic E-state index is 0.186. The molecule has 4 aromatic carbocycles. The van der Waals surface area contributed by atoms with Gasteiger partial charge in [-0.2, -0.15) is 0 Å². The van der Waals surface area contributed by atoms with Gasteiger partial charge in [-0.1, -0.05) is 72.8 Å². The van der Waals surface area contributed by atoms with Crippen LogP contribution < -0.4 is 0 Å². The van der Waals surface area contributed by atoms with E-state index < -0.39 is 9.84 Å². The Balaban J connectivity index is 1.63. The molecule has 0 spiro atoms. The summed E-state index contributed by atoms with van der Waals surface area (Å²) in [5.74, 6) is -0.186. The summed E-state index contributed by atoms with van der Waals surface area (Å²) in [6, 6.07) is 30.4. The Hall–Kier alpha value is -3.57. The number of rotatable bonds is 5. The summed E-state index contributed by atoms with van der Waals surface area (Å²) in [5, 5.41) is 2.28. The van der Waals surface area contributed by atoms with Crippen LogP contribution in [0.5, 0.6) is 0 Å². The minimum atomic E-state index is -3.54. The van der Waals surface area contributed by atoms with Crippen LogP contribution in [0.1, 0.15) is 17.0 Å². The standard InChI is InChI=1S/C26H20N2O2S/c29-31(30,21-12-2-1-3-13-21)18-26-25(27-23-15-6-7-16-24(23)28-26)17-20-11-8-10-19-9-4-5-14-22(19)20/h1-16H,17-18H2. The second-order valence-electron chi connectivity index (χ2n) is 7.49. The van der Waals surface area contributed by atoms with Crippen molar-refractivity contribution in [2.24, 2.45) is 0 Å². The molecule has 0 aliphatic heterocycles. The van der Waals surface area contributed by atoms with Crippen LogP contribution in [-0.4, -0.2) is 18.4 Å². The van der Waals surface area contributed by atoms with E-state index in [2.05, 4.69) is 24.3 Å². The summed E-state index contributed by atoms with van der Waals surface area (Å²) < 4.78 is 26.2. The van der Waals surface area contributed by atoms with E-state index in [4.69, 9.17) is 9.97 Å². The lowest BCUT2D eigenvalue weighted by atomic mass is 10.00. The summed E-state index contributed by atoms with van der Waals surface area (Å²) in [6.07, 6.45) is 0.513. The lowest BCUT2D eigenvalue weighted by molar-refractivity contribution is 0.594. The highest BCUT2D eigenvalue weighted by molar-refractivity contribution is 7.90. The number of benzene rings is 4. The first-order valence-electron chi connectivity index (χ1n) is 10.1. The highest BCUT2D eigenvalue weighted by atomic mass is 32.2. The van der Waals surface area contributed by atoms with Crippen molar-refractivity contribution in [2.75, 3.05) is 0 Å². The highest BCUT2D eigenvalue weighted by Gasteiger charge is 2.20. The van der Waals surface area contributed by atoms with Crippen molar-refractivity contribution < 1.29 is 8.42 Å². The van der Waals surface area contributed by atoms with Crippen LogP contribution in [0, 0.1) is 0 Å². The Morgan fingerprint density at radius 1 is 0.613 bits per heavy atom. The van der Waals surface area contributed by atoms with Gasteiger partial charge in [0.1, 0.15) is 0 Å². The molecule has 0 saturated heterocycles. The summed E-state index contributed by atoms with van der Waals surface area (Å²) >= 11 is 0. The molecule has 1 heterocycles. The van der Waals surface area contributed by atoms with Gasteiger partial charge in [-0.15, -0.1) is 0 Å². The van der Waals surface area contributed by atoms with Crippen molar-refractivity contribution in [1.29, 1.82) is 0 Å². The first-order valence-corrected chi connectivity index (χ1v) is 11.7. The van der Waals surface area contributed by atoms with Gasteiger partial charge in [-0.3, -0.25) is 0 Å². The first kappa shape index (κ1) is 19.4. The van der Waals surface area contributed by atoms with E-state index in [0.717, 1.165) is 21.9 Å². The van der Waals surface area contributed by atoms with Gasteiger partial charge < -0.3 is 0 Å². The lowest BCUT2D eigenvalue weighted by Gasteiger charge is -2.12. The normalized spacial score (nSPS) is 11.7. The molecule has 0 saturated carbocycles. The molecule has 5 aromatic rings. The van der Waals surface area contributed by atoms with E-state index in [1.807, 2.05) is 42.5 Å². The second kappa shape index (κ2) is 7.93. The van der Waals surface area contributed by atoms with E-state index in [9.17, 15) is 8.42 Å². The van der Waals surface area contributed by atoms with Gasteiger partial charge >= 0.3 is 0 Å². The molecule has 0 fully saturated rings. The van der Waals surface area contributed by atoms with E-state index in [1.54, 1.807) is 30.3 Å². The zero-order chi connectivity index (χ0) is 21.3. The van der Waals surface area contributed by atoms with Crippen molar-refractivity contribution in [3.63, 3.8) is 0 Å². The minimum Gasteiger partial charge on any atom is -0.249 e. The van der Waals surface area contributed by atoms with Crippen LogP contribution >= 0.6 is 0 Å². The number of fused-ring (bicyclic) bond motifs is 2. The van der Waals surface area contributed by atoms with Gasteiger partial charge in [-0.25, -0.2) is 18.4 Å². The molecule has 0 amide bonds. The molecule has 31 heavy (non-hydrogen) atoms. The number of para-hydroxylation sites is 2. The molecular weight excluding hydrogens is 404 g/mol. The Morgan fingerprint density at radius 2 is 1.23 bits per heavy atom. The van der Waals surface area contributed by atoms with Gasteiger partial charge in [0.2, 0.25) is 0 Å². The third kappa shape index (κ3) is 3.92. The molecule has 1 aromatic heterocycles. The van der Waals surface area contributed by atoms with Gasteiger partial charge in [0.15, 0.2) is 9.84 Å². The van der Waals surface area contributed by atoms with Crippen molar-refractivity contribution >= 4 is 31.6 Å². The smallest absolute Gasteiger partial charge is 0.184 e. The molecule has 0 bridgehead atoms. The van der Waals surface area contributed by atoms with E-state index in [1.165, 1.54) is 0 Å². The topological polar surface area (TPSA) is 59.9 Å². The average molecular weight is 425 g/mol. The molecule has 4 nitrogen and oxygen atoms in total. The van der Waals surface area contributed by atoms with Crippen LogP contribution in [0.3, 0.4) is 0 Å². The monoisotopic (exact) mass is 424 g/mol. The fraction of sp³-hybridized carbons (Fsp3) is 0.0769. The Bertz CT molecular complexity index is 1490. The number of hydrogen-bond acceptors (Lipinski definition) is 4. The molecule has 5 heteroatoms. The highest BCUT2D eigenvalue weighted by Crippen LogP contribution is 2.25. The van der Waals surface area contributed by atoms with Crippen LogP contribution in [-0.2, 0) is 22.0 Å². The molecule has 0 atom stereocenters. The van der Waals surface area contributed by atoms with Gasteiger partial charge in [0.05, 0.1) is 33.1 Å². The molecule has 0 radical (unpaired) electrons. The number of nitrogens with zero attached hydrogens (tertiary/aromatic N) is 2. The quantitative estimate of drug-likeness (QED) is 0.382. The van der Waals surface area contributed by atoms with Crippen LogP contribution in [0.2, 0.25) is 0 Å². The van der Waals surface area contributed by atoms with Crippen molar-refractivity contribution in [1.82, 2.24) is 9.97 Å². The number of sulfone groups is 1. The predicted molar refractivity (Wildman–Crippen MR) is 124 cm³/mol. The third-order valence-corrected chi connectivity index (χ3v) is 7.04. The maximum Gasteiger partial charge on any atom is 0.184 e. The first-order chi connectivity index (χ1) is 15.1. The van der Waals surface area contributed by atoms with E-state index >= 15 is 0 Å². The zero-order valence-electron chi connectivity index (χ0n) is 16.8. The summed E-state index contributed by atoms with van der Waals surface area (Å²) in [6.45, 7) is 0. The zero-order valence-corrected chi connectivity index (χ0v) is 17.6. The van der Waals surface area contributed by atoms with E-state index in [0.29, 0.717) is 28.2 Å². The second-order valence-corrected chi connectivity index (χ2v) is 9.48. The van der Waals surface area contributed by atoms with Gasteiger partial charge in [0.25, 0.3) is 0 Å². The number of aromatic nitrogens is 2. The average Bonchev–Trinajstić information content (AvgIpc) is 2.80. The van der Waals surface area contributed by atoms with Crippen molar-refractivity contribution in [3.8, 4) is 0 Å². The van der Waals surface area contributed by atoms with Crippen molar-refractivity contribution in [3.05, 3.63) is 114 Å². The Labute approximate surface area is 181 Å². The summed E-state index contributed by atoms with van der Waals surface area (Å²) in [5.41, 5.74) is 3.74. The Morgan fingerprint density at radius 3 is 2.00 bits per heavy atom. The largest absolute Gasteiger partial charge is 0.249 e. The molecule has 0 aliphatic carbocycles. The molecular formula is C26H20N2O2S. The molecule has 0 aliphatic rings. The summed E-state index contributed by atoms with van der Waals surface area (Å²) in [7, 11) is -3.54. The predicted octanol–water partition coefficient (Wildman–Crippen LogP) is 5.35. The lowest BCUT2D eigenvalue weighted by Crippen LogP contribution is -2.11. The van der Waals surface area contributed by atoms with Crippen LogP contribution in [0.15, 0.2) is 102 Å². The fourth-order valence-electron chi connectivity index (χ4n) is 3.85. The van der Waals surface area contributed by atoms with Gasteiger partial charge in [0, 0.05) is 6.42 Å². The van der Waals surface area contributed by atoms with Crippen LogP contribution in [0.25, 0.3) is 21.8 Å². The van der Waals surface area contributed by atoms with E-state index in [-0.39, 0.29) is 5.75 Å². The summed E-state index contributed by atoms with van der Waals surface area (Å²) in [4.78, 5) is 9.84. The van der Waals surface area contributed by atoms with Gasteiger partial charge in [-0.05, 0) is 40.6 Å². The van der Waals surface area contributed by atoms with Crippen LogP contribution in [0.4, 0.5) is 0 Å². The molecule has 0 unspecified atom stereocenters. The maximum absolute atomic E-state index is 13.1. The molecule has 5 rings (SSSR count). The third-order valence-electron chi connectivity index (χ3n) is 5.39. The SMILES string of the molecule is O=S(=O)(Cc1nc2ccccc2nc1Cc1cccc2ccccc12)c1ccccc1. The maximum atomic E-state index is 13.1. The Kier molecular flexibility index (Phi) is 4.96. The number of hydrogen-bond donors (Lipinski definition) is 0. The molecule has 0 N–H and O–H groups in total.